The Morgan fingerprint density at radius 3 is 2.65 bits per heavy atom. The van der Waals surface area contributed by atoms with E-state index in [4.69, 9.17) is 5.73 Å². The topological polar surface area (TPSA) is 32.5 Å². The average Bonchev–Trinajstić information content (AvgIpc) is 3.31. The van der Waals surface area contributed by atoms with Crippen LogP contribution < -0.4 is 5.73 Å². The summed E-state index contributed by atoms with van der Waals surface area (Å²) in [6, 6.07) is 11.9. The molecule has 1 aliphatic carbocycles. The Balaban J connectivity index is 1.63. The van der Waals surface area contributed by atoms with Gasteiger partial charge in [-0.05, 0) is 37.8 Å². The van der Waals surface area contributed by atoms with Crippen LogP contribution >= 0.6 is 0 Å². The molecule has 3 nitrogen and oxygen atoms in total. The van der Waals surface area contributed by atoms with E-state index in [1.165, 1.54) is 24.9 Å². The first-order chi connectivity index (χ1) is 9.74. The Bertz CT molecular complexity index is 416. The van der Waals surface area contributed by atoms with Gasteiger partial charge in [0.2, 0.25) is 0 Å². The number of hydrogen-bond donors (Lipinski definition) is 1. The van der Waals surface area contributed by atoms with Crippen LogP contribution in [0.5, 0.6) is 0 Å². The molecule has 2 aliphatic rings. The average molecular weight is 273 g/mol. The van der Waals surface area contributed by atoms with Gasteiger partial charge >= 0.3 is 0 Å². The van der Waals surface area contributed by atoms with Crippen molar-refractivity contribution in [3.8, 4) is 0 Å². The lowest BCUT2D eigenvalue weighted by atomic mass is 10.0. The molecule has 1 saturated carbocycles. The summed E-state index contributed by atoms with van der Waals surface area (Å²) >= 11 is 0. The normalized spacial score (nSPS) is 26.6. The third-order valence-electron chi connectivity index (χ3n) is 4.86. The molecule has 2 N–H and O–H groups in total. The Kier molecular flexibility index (Phi) is 4.39. The van der Waals surface area contributed by atoms with Gasteiger partial charge < -0.3 is 10.6 Å². The zero-order valence-corrected chi connectivity index (χ0v) is 12.5. The maximum Gasteiger partial charge on any atom is 0.0475 e. The van der Waals surface area contributed by atoms with Crippen LogP contribution in [0.4, 0.5) is 0 Å². The molecule has 20 heavy (non-hydrogen) atoms. The highest BCUT2D eigenvalue weighted by atomic mass is 15.3. The van der Waals surface area contributed by atoms with Crippen molar-refractivity contribution < 1.29 is 0 Å². The van der Waals surface area contributed by atoms with E-state index in [9.17, 15) is 0 Å². The first-order valence-electron chi connectivity index (χ1n) is 7.97. The minimum Gasteiger partial charge on any atom is -0.327 e. The van der Waals surface area contributed by atoms with Gasteiger partial charge in [0.05, 0.1) is 0 Å². The Morgan fingerprint density at radius 2 is 1.95 bits per heavy atom. The first-order valence-corrected chi connectivity index (χ1v) is 7.97. The standard InChI is InChI=1S/C17H27N3/c1-19-11-12-20(10-9-16(18)14-7-8-14)17(13-19)15-5-3-2-4-6-15/h2-6,14,16-17H,7-13,18H2,1H3. The van der Waals surface area contributed by atoms with Crippen molar-refractivity contribution in [2.75, 3.05) is 33.2 Å². The number of nitrogens with two attached hydrogens (primary N) is 1. The monoisotopic (exact) mass is 273 g/mol. The second-order valence-corrected chi connectivity index (χ2v) is 6.51. The molecule has 0 amide bonds. The van der Waals surface area contributed by atoms with Gasteiger partial charge in [-0.2, -0.15) is 0 Å². The highest BCUT2D eigenvalue weighted by Gasteiger charge is 2.31. The molecule has 1 aliphatic heterocycles. The van der Waals surface area contributed by atoms with E-state index in [1.54, 1.807) is 0 Å². The lowest BCUT2D eigenvalue weighted by molar-refractivity contribution is 0.0864. The second kappa shape index (κ2) is 6.25. The van der Waals surface area contributed by atoms with Crippen LogP contribution in [0.1, 0.15) is 30.9 Å². The van der Waals surface area contributed by atoms with Crippen LogP contribution in [0.2, 0.25) is 0 Å². The molecule has 1 aromatic rings. The number of hydrogen-bond acceptors (Lipinski definition) is 3. The van der Waals surface area contributed by atoms with Crippen molar-refractivity contribution in [3.05, 3.63) is 35.9 Å². The van der Waals surface area contributed by atoms with Crippen LogP contribution in [-0.2, 0) is 0 Å². The summed E-state index contributed by atoms with van der Waals surface area (Å²) < 4.78 is 0. The zero-order valence-electron chi connectivity index (χ0n) is 12.5. The third kappa shape index (κ3) is 3.40. The van der Waals surface area contributed by atoms with Gasteiger partial charge in [0.15, 0.2) is 0 Å². The summed E-state index contributed by atoms with van der Waals surface area (Å²) in [5.74, 6) is 0.817. The van der Waals surface area contributed by atoms with Crippen molar-refractivity contribution in [2.45, 2.75) is 31.3 Å². The molecule has 0 radical (unpaired) electrons. The predicted molar refractivity (Wildman–Crippen MR) is 83.6 cm³/mol. The SMILES string of the molecule is CN1CCN(CCC(N)C2CC2)C(c2ccccc2)C1. The van der Waals surface area contributed by atoms with E-state index >= 15 is 0 Å². The van der Waals surface area contributed by atoms with Gasteiger partial charge in [-0.1, -0.05) is 30.3 Å². The van der Waals surface area contributed by atoms with Crippen molar-refractivity contribution in [1.29, 1.82) is 0 Å². The molecule has 2 atom stereocenters. The molecule has 1 heterocycles. The molecule has 3 rings (SSSR count). The number of nitrogens with zero attached hydrogens (tertiary/aromatic N) is 2. The van der Waals surface area contributed by atoms with Crippen molar-refractivity contribution in [1.82, 2.24) is 9.80 Å². The summed E-state index contributed by atoms with van der Waals surface area (Å²) in [5, 5.41) is 0. The largest absolute Gasteiger partial charge is 0.327 e. The summed E-state index contributed by atoms with van der Waals surface area (Å²) in [7, 11) is 2.23. The predicted octanol–water partition coefficient (Wildman–Crippen LogP) is 2.10. The molecule has 1 aromatic carbocycles. The maximum absolute atomic E-state index is 6.27. The molecule has 0 bridgehead atoms. The van der Waals surface area contributed by atoms with Crippen molar-refractivity contribution >= 4 is 0 Å². The highest BCUT2D eigenvalue weighted by molar-refractivity contribution is 5.20. The lowest BCUT2D eigenvalue weighted by Crippen LogP contribution is -2.47. The van der Waals surface area contributed by atoms with E-state index in [1.807, 2.05) is 0 Å². The van der Waals surface area contributed by atoms with Gasteiger partial charge in [-0.25, -0.2) is 0 Å². The lowest BCUT2D eigenvalue weighted by Gasteiger charge is -2.40. The molecular weight excluding hydrogens is 246 g/mol. The molecule has 1 saturated heterocycles. The fourth-order valence-corrected chi connectivity index (χ4v) is 3.29. The van der Waals surface area contributed by atoms with Crippen LogP contribution in [0.3, 0.4) is 0 Å². The zero-order chi connectivity index (χ0) is 13.9. The molecule has 0 spiro atoms. The smallest absolute Gasteiger partial charge is 0.0475 e. The van der Waals surface area contributed by atoms with Crippen LogP contribution in [0.25, 0.3) is 0 Å². The van der Waals surface area contributed by atoms with Crippen molar-refractivity contribution in [2.24, 2.45) is 11.7 Å². The summed E-state index contributed by atoms with van der Waals surface area (Å²) in [4.78, 5) is 5.08. The van der Waals surface area contributed by atoms with Crippen molar-refractivity contribution in [3.63, 3.8) is 0 Å². The summed E-state index contributed by atoms with van der Waals surface area (Å²) in [5.41, 5.74) is 7.71. The molecule has 0 aromatic heterocycles. The fraction of sp³-hybridized carbons (Fsp3) is 0.647. The molecule has 2 unspecified atom stereocenters. The van der Waals surface area contributed by atoms with E-state index < -0.39 is 0 Å². The summed E-state index contributed by atoms with van der Waals surface area (Å²) in [6.07, 6.45) is 3.86. The van der Waals surface area contributed by atoms with Crippen LogP contribution in [0.15, 0.2) is 30.3 Å². The van der Waals surface area contributed by atoms with Gasteiger partial charge in [0, 0.05) is 38.3 Å². The molecular formula is C17H27N3. The van der Waals surface area contributed by atoms with Crippen LogP contribution in [0, 0.1) is 5.92 Å². The van der Waals surface area contributed by atoms with Gasteiger partial charge in [0.25, 0.3) is 0 Å². The number of likely N-dealkylation sites (N-methyl/N-ethyl adjacent to an activating group) is 1. The van der Waals surface area contributed by atoms with E-state index in [0.29, 0.717) is 12.1 Å². The van der Waals surface area contributed by atoms with Gasteiger partial charge in [-0.3, -0.25) is 4.90 Å². The summed E-state index contributed by atoms with van der Waals surface area (Å²) in [6.45, 7) is 4.60. The molecule has 2 fully saturated rings. The number of rotatable bonds is 5. The number of piperazine rings is 1. The van der Waals surface area contributed by atoms with E-state index in [0.717, 1.165) is 32.0 Å². The maximum atomic E-state index is 6.27. The van der Waals surface area contributed by atoms with Gasteiger partial charge in [0.1, 0.15) is 0 Å². The van der Waals surface area contributed by atoms with Crippen LogP contribution in [-0.4, -0.2) is 49.1 Å². The minimum absolute atomic E-state index is 0.422. The minimum atomic E-state index is 0.422. The number of benzene rings is 1. The molecule has 110 valence electrons. The van der Waals surface area contributed by atoms with Gasteiger partial charge in [-0.15, -0.1) is 0 Å². The Morgan fingerprint density at radius 1 is 1.20 bits per heavy atom. The Labute approximate surface area is 122 Å². The van der Waals surface area contributed by atoms with E-state index in [2.05, 4.69) is 47.2 Å². The highest BCUT2D eigenvalue weighted by Crippen LogP contribution is 2.33. The Hall–Kier alpha value is -0.900. The molecule has 3 heteroatoms. The third-order valence-corrected chi connectivity index (χ3v) is 4.86. The van der Waals surface area contributed by atoms with E-state index in [-0.39, 0.29) is 0 Å². The fourth-order valence-electron chi connectivity index (χ4n) is 3.29. The first kappa shape index (κ1) is 14.1. The second-order valence-electron chi connectivity index (χ2n) is 6.51. The quantitative estimate of drug-likeness (QED) is 0.892.